The van der Waals surface area contributed by atoms with Crippen molar-refractivity contribution in [2.75, 3.05) is 30.3 Å². The van der Waals surface area contributed by atoms with Crippen molar-refractivity contribution in [3.8, 4) is 5.88 Å². The highest BCUT2D eigenvalue weighted by atomic mass is 16.5. The number of hydrogen-bond acceptors (Lipinski definition) is 4. The lowest BCUT2D eigenvalue weighted by Gasteiger charge is -2.23. The van der Waals surface area contributed by atoms with Gasteiger partial charge in [-0.15, -0.1) is 0 Å². The second kappa shape index (κ2) is 6.64. The summed E-state index contributed by atoms with van der Waals surface area (Å²) in [4.78, 5) is 6.95. The molecule has 1 aromatic rings. The van der Waals surface area contributed by atoms with Crippen LogP contribution in [-0.2, 0) is 0 Å². The minimum Gasteiger partial charge on any atom is -0.476 e. The molecular formula is C15H25N3O. The maximum Gasteiger partial charge on any atom is 0.239 e. The summed E-state index contributed by atoms with van der Waals surface area (Å²) in [7, 11) is 0. The molecule has 0 aliphatic heterocycles. The van der Waals surface area contributed by atoms with Crippen LogP contribution in [-0.4, -0.2) is 24.7 Å². The molecule has 0 saturated heterocycles. The Morgan fingerprint density at radius 1 is 1.32 bits per heavy atom. The molecule has 1 saturated carbocycles. The van der Waals surface area contributed by atoms with Crippen molar-refractivity contribution in [2.45, 2.75) is 39.5 Å². The number of nitrogen functional groups attached to an aromatic ring is 1. The number of aromatic nitrogens is 1. The van der Waals surface area contributed by atoms with E-state index in [-0.39, 0.29) is 0 Å². The Kier molecular flexibility index (Phi) is 4.88. The molecule has 1 aliphatic rings. The van der Waals surface area contributed by atoms with Crippen molar-refractivity contribution in [2.24, 2.45) is 5.92 Å². The van der Waals surface area contributed by atoms with Crippen molar-refractivity contribution in [3.05, 3.63) is 12.1 Å². The maximum atomic E-state index is 5.91. The fourth-order valence-electron chi connectivity index (χ4n) is 2.11. The van der Waals surface area contributed by atoms with Gasteiger partial charge in [0.2, 0.25) is 5.88 Å². The molecule has 0 bridgehead atoms. The first kappa shape index (κ1) is 14.0. The molecule has 1 fully saturated rings. The predicted octanol–water partition coefficient (Wildman–Crippen LogP) is 3.08. The van der Waals surface area contributed by atoms with Crippen LogP contribution in [0.15, 0.2) is 12.1 Å². The molecule has 0 unspecified atom stereocenters. The molecule has 2 rings (SSSR count). The minimum atomic E-state index is 0.580. The van der Waals surface area contributed by atoms with Crippen LogP contribution < -0.4 is 15.4 Å². The molecule has 0 amide bonds. The van der Waals surface area contributed by atoms with Gasteiger partial charge in [0, 0.05) is 13.1 Å². The van der Waals surface area contributed by atoms with Gasteiger partial charge in [0.25, 0.3) is 0 Å². The van der Waals surface area contributed by atoms with Crippen LogP contribution in [0.5, 0.6) is 5.88 Å². The molecule has 0 aromatic carbocycles. The van der Waals surface area contributed by atoms with Gasteiger partial charge in [0.05, 0.1) is 12.3 Å². The predicted molar refractivity (Wildman–Crippen MR) is 79.7 cm³/mol. The van der Waals surface area contributed by atoms with Gasteiger partial charge in [0.1, 0.15) is 5.82 Å². The maximum absolute atomic E-state index is 5.91. The van der Waals surface area contributed by atoms with Crippen LogP contribution in [0, 0.1) is 5.92 Å². The lowest BCUT2D eigenvalue weighted by Crippen LogP contribution is -2.27. The molecule has 1 aromatic heterocycles. The largest absolute Gasteiger partial charge is 0.476 e. The van der Waals surface area contributed by atoms with Crippen LogP contribution >= 0.6 is 0 Å². The van der Waals surface area contributed by atoms with E-state index < -0.39 is 0 Å². The standard InChI is InChI=1S/C15H25N3O/c1-3-9-18(11-12-5-6-12)14-8-7-13(16)15(17-14)19-10-4-2/h7-8,12H,3-6,9-11,16H2,1-2H3. The van der Waals surface area contributed by atoms with Gasteiger partial charge in [-0.25, -0.2) is 0 Å². The Labute approximate surface area is 116 Å². The van der Waals surface area contributed by atoms with E-state index in [1.54, 1.807) is 0 Å². The van der Waals surface area contributed by atoms with Gasteiger partial charge in [-0.3, -0.25) is 0 Å². The van der Waals surface area contributed by atoms with Crippen LogP contribution in [0.25, 0.3) is 0 Å². The Morgan fingerprint density at radius 2 is 2.11 bits per heavy atom. The molecular weight excluding hydrogens is 238 g/mol. The number of pyridine rings is 1. The highest BCUT2D eigenvalue weighted by Crippen LogP contribution is 2.32. The third-order valence-electron chi connectivity index (χ3n) is 3.31. The van der Waals surface area contributed by atoms with Crippen LogP contribution in [0.1, 0.15) is 39.5 Å². The smallest absolute Gasteiger partial charge is 0.239 e. The molecule has 4 nitrogen and oxygen atoms in total. The fourth-order valence-corrected chi connectivity index (χ4v) is 2.11. The van der Waals surface area contributed by atoms with E-state index in [0.717, 1.165) is 37.7 Å². The summed E-state index contributed by atoms with van der Waals surface area (Å²) in [6.07, 6.45) is 4.80. The van der Waals surface area contributed by atoms with Crippen LogP contribution in [0.2, 0.25) is 0 Å². The van der Waals surface area contributed by atoms with Gasteiger partial charge in [0.15, 0.2) is 0 Å². The highest BCUT2D eigenvalue weighted by Gasteiger charge is 2.25. The average Bonchev–Trinajstić information content (AvgIpc) is 3.21. The number of hydrogen-bond donors (Lipinski definition) is 1. The molecule has 19 heavy (non-hydrogen) atoms. The van der Waals surface area contributed by atoms with Gasteiger partial charge < -0.3 is 15.4 Å². The summed E-state index contributed by atoms with van der Waals surface area (Å²) in [5.74, 6) is 2.43. The van der Waals surface area contributed by atoms with Crippen LogP contribution in [0.4, 0.5) is 11.5 Å². The minimum absolute atomic E-state index is 0.580. The van der Waals surface area contributed by atoms with Crippen molar-refractivity contribution in [3.63, 3.8) is 0 Å². The SMILES string of the molecule is CCCOc1nc(N(CCC)CC2CC2)ccc1N. The topological polar surface area (TPSA) is 51.4 Å². The molecule has 1 heterocycles. The highest BCUT2D eigenvalue weighted by molar-refractivity contribution is 5.54. The Bertz CT molecular complexity index is 404. The first-order valence-corrected chi connectivity index (χ1v) is 7.38. The summed E-state index contributed by atoms with van der Waals surface area (Å²) in [5.41, 5.74) is 6.54. The quantitative estimate of drug-likeness (QED) is 0.783. The molecule has 0 spiro atoms. The van der Waals surface area contributed by atoms with Gasteiger partial charge >= 0.3 is 0 Å². The summed E-state index contributed by atoms with van der Waals surface area (Å²) in [6.45, 7) is 7.10. The zero-order valence-electron chi connectivity index (χ0n) is 12.1. The second-order valence-corrected chi connectivity index (χ2v) is 5.30. The monoisotopic (exact) mass is 263 g/mol. The summed E-state index contributed by atoms with van der Waals surface area (Å²) in [5, 5.41) is 0. The first-order valence-electron chi connectivity index (χ1n) is 7.38. The van der Waals surface area contributed by atoms with E-state index in [1.807, 2.05) is 12.1 Å². The van der Waals surface area contributed by atoms with Crippen molar-refractivity contribution in [1.29, 1.82) is 0 Å². The Balaban J connectivity index is 2.10. The third kappa shape index (κ3) is 4.01. The van der Waals surface area contributed by atoms with E-state index in [4.69, 9.17) is 10.5 Å². The number of ether oxygens (including phenoxy) is 1. The molecule has 106 valence electrons. The molecule has 1 aliphatic carbocycles. The molecule has 0 radical (unpaired) electrons. The number of nitrogens with two attached hydrogens (primary N) is 1. The van der Waals surface area contributed by atoms with E-state index in [0.29, 0.717) is 18.2 Å². The zero-order valence-corrected chi connectivity index (χ0v) is 12.1. The lowest BCUT2D eigenvalue weighted by molar-refractivity contribution is 0.307. The lowest BCUT2D eigenvalue weighted by atomic mass is 10.3. The Hall–Kier alpha value is -1.45. The van der Waals surface area contributed by atoms with E-state index in [1.165, 1.54) is 12.8 Å². The van der Waals surface area contributed by atoms with Crippen molar-refractivity contribution < 1.29 is 4.74 Å². The van der Waals surface area contributed by atoms with Gasteiger partial charge in [-0.1, -0.05) is 13.8 Å². The Morgan fingerprint density at radius 3 is 2.74 bits per heavy atom. The molecule has 0 atom stereocenters. The van der Waals surface area contributed by atoms with Crippen molar-refractivity contribution in [1.82, 2.24) is 4.98 Å². The third-order valence-corrected chi connectivity index (χ3v) is 3.31. The van der Waals surface area contributed by atoms with Crippen LogP contribution in [0.3, 0.4) is 0 Å². The first-order chi connectivity index (χ1) is 9.24. The number of anilines is 2. The molecule has 4 heteroatoms. The normalized spacial score (nSPS) is 14.4. The second-order valence-electron chi connectivity index (χ2n) is 5.30. The van der Waals surface area contributed by atoms with Crippen molar-refractivity contribution >= 4 is 11.5 Å². The number of rotatable bonds is 8. The van der Waals surface area contributed by atoms with E-state index in [2.05, 4.69) is 23.7 Å². The summed E-state index contributed by atoms with van der Waals surface area (Å²) < 4.78 is 5.61. The van der Waals surface area contributed by atoms with E-state index >= 15 is 0 Å². The van der Waals surface area contributed by atoms with Gasteiger partial charge in [-0.05, 0) is 43.7 Å². The average molecular weight is 263 g/mol. The van der Waals surface area contributed by atoms with E-state index in [9.17, 15) is 0 Å². The zero-order chi connectivity index (χ0) is 13.7. The molecule has 2 N–H and O–H groups in total. The van der Waals surface area contributed by atoms with Gasteiger partial charge in [-0.2, -0.15) is 4.98 Å². The number of nitrogens with zero attached hydrogens (tertiary/aromatic N) is 2. The summed E-state index contributed by atoms with van der Waals surface area (Å²) >= 11 is 0. The summed E-state index contributed by atoms with van der Waals surface area (Å²) in [6, 6.07) is 3.91. The fraction of sp³-hybridized carbons (Fsp3) is 0.667.